The minimum absolute atomic E-state index is 0.571. The van der Waals surface area contributed by atoms with E-state index in [1.165, 1.54) is 0 Å². The molecule has 120 valence electrons. The standard InChI is InChI=1S/C19H21NO3/c1-20(2)15-10-12-16(18(13-15)23-3)17(19(21)22)11-9-14-7-5-4-6-8-14/h4-13,17H,1-3H3,(H,21,22)/b11-9+. The Labute approximate surface area is 136 Å². The van der Waals surface area contributed by atoms with Crippen molar-refractivity contribution in [3.8, 4) is 5.75 Å². The van der Waals surface area contributed by atoms with E-state index in [4.69, 9.17) is 4.74 Å². The number of ether oxygens (including phenoxy) is 1. The van der Waals surface area contributed by atoms with Crippen molar-refractivity contribution < 1.29 is 14.6 Å². The maximum atomic E-state index is 11.7. The molecule has 0 fully saturated rings. The highest BCUT2D eigenvalue weighted by Gasteiger charge is 2.21. The smallest absolute Gasteiger partial charge is 0.315 e. The fraction of sp³-hybridized carbons (Fsp3) is 0.211. The number of benzene rings is 2. The molecule has 4 heteroatoms. The van der Waals surface area contributed by atoms with E-state index in [2.05, 4.69) is 0 Å². The molecule has 2 rings (SSSR count). The van der Waals surface area contributed by atoms with Crippen molar-refractivity contribution in [3.05, 3.63) is 65.7 Å². The van der Waals surface area contributed by atoms with Gasteiger partial charge in [-0.3, -0.25) is 4.79 Å². The second kappa shape index (κ2) is 7.49. The zero-order chi connectivity index (χ0) is 16.8. The summed E-state index contributed by atoms with van der Waals surface area (Å²) in [5.74, 6) is -1.10. The Balaban J connectivity index is 2.38. The van der Waals surface area contributed by atoms with Crippen molar-refractivity contribution in [2.24, 2.45) is 0 Å². The van der Waals surface area contributed by atoms with E-state index in [1.54, 1.807) is 13.2 Å². The Kier molecular flexibility index (Phi) is 5.41. The largest absolute Gasteiger partial charge is 0.496 e. The van der Waals surface area contributed by atoms with Gasteiger partial charge in [-0.2, -0.15) is 0 Å². The van der Waals surface area contributed by atoms with Crippen LogP contribution in [-0.2, 0) is 4.79 Å². The zero-order valence-corrected chi connectivity index (χ0v) is 13.6. The molecule has 0 aliphatic carbocycles. The third-order valence-corrected chi connectivity index (χ3v) is 3.62. The summed E-state index contributed by atoms with van der Waals surface area (Å²) in [6, 6.07) is 15.2. The highest BCUT2D eigenvalue weighted by Crippen LogP contribution is 2.32. The highest BCUT2D eigenvalue weighted by molar-refractivity contribution is 5.81. The molecule has 0 heterocycles. The molecule has 0 radical (unpaired) electrons. The van der Waals surface area contributed by atoms with Crippen molar-refractivity contribution in [1.82, 2.24) is 0 Å². The van der Waals surface area contributed by atoms with E-state index in [-0.39, 0.29) is 0 Å². The lowest BCUT2D eigenvalue weighted by Gasteiger charge is -2.18. The van der Waals surface area contributed by atoms with Gasteiger partial charge in [0.25, 0.3) is 0 Å². The van der Waals surface area contributed by atoms with Crippen LogP contribution in [0.1, 0.15) is 17.0 Å². The summed E-state index contributed by atoms with van der Waals surface area (Å²) in [4.78, 5) is 13.6. The van der Waals surface area contributed by atoms with Crippen molar-refractivity contribution in [1.29, 1.82) is 0 Å². The van der Waals surface area contributed by atoms with Crippen LogP contribution >= 0.6 is 0 Å². The van der Waals surface area contributed by atoms with E-state index in [0.717, 1.165) is 11.3 Å². The Hall–Kier alpha value is -2.75. The van der Waals surface area contributed by atoms with Crippen LogP contribution in [0.15, 0.2) is 54.6 Å². The molecular formula is C19H21NO3. The summed E-state index contributed by atoms with van der Waals surface area (Å²) in [7, 11) is 5.41. The molecule has 1 N–H and O–H groups in total. The van der Waals surface area contributed by atoms with Crippen molar-refractivity contribution in [2.45, 2.75) is 5.92 Å². The number of hydrogen-bond donors (Lipinski definition) is 1. The van der Waals surface area contributed by atoms with Gasteiger partial charge in [-0.25, -0.2) is 0 Å². The number of carboxylic acid groups (broad SMARTS) is 1. The summed E-state index contributed by atoms with van der Waals surface area (Å²) in [5, 5.41) is 9.59. The number of rotatable bonds is 6. The maximum Gasteiger partial charge on any atom is 0.315 e. The third kappa shape index (κ3) is 4.13. The van der Waals surface area contributed by atoms with Gasteiger partial charge in [0.2, 0.25) is 0 Å². The van der Waals surface area contributed by atoms with Crippen LogP contribution in [0.2, 0.25) is 0 Å². The second-order valence-electron chi connectivity index (χ2n) is 5.41. The number of carbonyl (C=O) groups is 1. The Bertz CT molecular complexity index is 693. The Morgan fingerprint density at radius 2 is 1.87 bits per heavy atom. The molecule has 0 aromatic heterocycles. The first-order valence-electron chi connectivity index (χ1n) is 7.34. The molecule has 1 atom stereocenters. The SMILES string of the molecule is COc1cc(N(C)C)ccc1C(/C=C/c1ccccc1)C(=O)O. The Morgan fingerprint density at radius 3 is 2.43 bits per heavy atom. The van der Waals surface area contributed by atoms with E-state index < -0.39 is 11.9 Å². The molecule has 1 unspecified atom stereocenters. The minimum Gasteiger partial charge on any atom is -0.496 e. The highest BCUT2D eigenvalue weighted by atomic mass is 16.5. The molecule has 0 bridgehead atoms. The van der Waals surface area contributed by atoms with Gasteiger partial charge in [0.1, 0.15) is 11.7 Å². The number of hydrogen-bond acceptors (Lipinski definition) is 3. The first-order valence-corrected chi connectivity index (χ1v) is 7.34. The normalized spacial score (nSPS) is 12.1. The predicted octanol–water partition coefficient (Wildman–Crippen LogP) is 3.64. The van der Waals surface area contributed by atoms with Gasteiger partial charge >= 0.3 is 5.97 Å². The van der Waals surface area contributed by atoms with Gasteiger partial charge in [-0.05, 0) is 11.6 Å². The quantitative estimate of drug-likeness (QED) is 0.885. The number of carboxylic acids is 1. The lowest BCUT2D eigenvalue weighted by atomic mass is 9.96. The van der Waals surface area contributed by atoms with Gasteiger partial charge in [-0.1, -0.05) is 48.6 Å². The van der Waals surface area contributed by atoms with Crippen LogP contribution in [-0.4, -0.2) is 32.3 Å². The van der Waals surface area contributed by atoms with E-state index in [9.17, 15) is 9.90 Å². The molecule has 4 nitrogen and oxygen atoms in total. The van der Waals surface area contributed by atoms with Gasteiger partial charge in [0, 0.05) is 31.4 Å². The van der Waals surface area contributed by atoms with Crippen LogP contribution in [0.3, 0.4) is 0 Å². The van der Waals surface area contributed by atoms with Gasteiger partial charge in [0.05, 0.1) is 7.11 Å². The molecule has 0 aliphatic rings. The lowest BCUT2D eigenvalue weighted by Crippen LogP contribution is -2.12. The van der Waals surface area contributed by atoms with Gasteiger partial charge < -0.3 is 14.7 Å². The average molecular weight is 311 g/mol. The first-order chi connectivity index (χ1) is 11.0. The van der Waals surface area contributed by atoms with Crippen LogP contribution in [0.25, 0.3) is 6.08 Å². The van der Waals surface area contributed by atoms with Gasteiger partial charge in [0.15, 0.2) is 0 Å². The fourth-order valence-corrected chi connectivity index (χ4v) is 2.33. The first kappa shape index (κ1) is 16.6. The number of aliphatic carboxylic acids is 1. The van der Waals surface area contributed by atoms with E-state index >= 15 is 0 Å². The molecule has 23 heavy (non-hydrogen) atoms. The van der Waals surface area contributed by atoms with Crippen LogP contribution in [0.5, 0.6) is 5.75 Å². The number of anilines is 1. The molecule has 0 amide bonds. The van der Waals surface area contributed by atoms with Gasteiger partial charge in [-0.15, -0.1) is 0 Å². The second-order valence-corrected chi connectivity index (χ2v) is 5.41. The molecule has 0 saturated heterocycles. The maximum absolute atomic E-state index is 11.7. The third-order valence-electron chi connectivity index (χ3n) is 3.62. The van der Waals surface area contributed by atoms with Crippen molar-refractivity contribution in [3.63, 3.8) is 0 Å². The number of methoxy groups -OCH3 is 1. The van der Waals surface area contributed by atoms with E-state index in [0.29, 0.717) is 11.3 Å². The lowest BCUT2D eigenvalue weighted by molar-refractivity contribution is -0.137. The average Bonchev–Trinajstić information content (AvgIpc) is 2.55. The van der Waals surface area contributed by atoms with Crippen LogP contribution in [0, 0.1) is 0 Å². The fourth-order valence-electron chi connectivity index (χ4n) is 2.33. The minimum atomic E-state index is -0.909. The summed E-state index contributed by atoms with van der Waals surface area (Å²) < 4.78 is 5.40. The molecule has 2 aromatic carbocycles. The summed E-state index contributed by atoms with van der Waals surface area (Å²) >= 11 is 0. The summed E-state index contributed by atoms with van der Waals surface area (Å²) in [6.45, 7) is 0. The molecule has 2 aromatic rings. The van der Waals surface area contributed by atoms with Crippen molar-refractivity contribution >= 4 is 17.7 Å². The van der Waals surface area contributed by atoms with Crippen LogP contribution < -0.4 is 9.64 Å². The zero-order valence-electron chi connectivity index (χ0n) is 13.6. The molecular weight excluding hydrogens is 290 g/mol. The molecule has 0 saturated carbocycles. The van der Waals surface area contributed by atoms with Crippen molar-refractivity contribution in [2.75, 3.05) is 26.1 Å². The van der Waals surface area contributed by atoms with Crippen LogP contribution in [0.4, 0.5) is 5.69 Å². The molecule has 0 spiro atoms. The number of nitrogens with zero attached hydrogens (tertiary/aromatic N) is 1. The topological polar surface area (TPSA) is 49.8 Å². The monoisotopic (exact) mass is 311 g/mol. The van der Waals surface area contributed by atoms with E-state index in [1.807, 2.05) is 73.6 Å². The summed E-state index contributed by atoms with van der Waals surface area (Å²) in [6.07, 6.45) is 3.50. The Morgan fingerprint density at radius 1 is 1.17 bits per heavy atom. The predicted molar refractivity (Wildman–Crippen MR) is 93.2 cm³/mol. The summed E-state index contributed by atoms with van der Waals surface area (Å²) in [5.41, 5.74) is 2.56. The molecule has 0 aliphatic heterocycles.